The highest BCUT2D eigenvalue weighted by atomic mass is 16.5. The maximum atomic E-state index is 13.4. The van der Waals surface area contributed by atoms with Gasteiger partial charge in [-0.05, 0) is 66.1 Å². The van der Waals surface area contributed by atoms with Crippen molar-refractivity contribution in [2.45, 2.75) is 19.9 Å². The van der Waals surface area contributed by atoms with E-state index in [1.54, 1.807) is 54.6 Å². The number of phenols is 1. The summed E-state index contributed by atoms with van der Waals surface area (Å²) in [5.74, 6) is -0.204. The summed E-state index contributed by atoms with van der Waals surface area (Å²) in [4.78, 5) is 30.2. The van der Waals surface area contributed by atoms with E-state index in [9.17, 15) is 19.8 Å². The number of likely N-dealkylation sites (N-methyl/N-ethyl adjacent to an activating group) is 1. The normalized spacial score (nSPS) is 18.5. The van der Waals surface area contributed by atoms with E-state index in [4.69, 9.17) is 9.47 Å². The van der Waals surface area contributed by atoms with Gasteiger partial charge in [-0.1, -0.05) is 26.0 Å². The van der Waals surface area contributed by atoms with Crippen LogP contribution in [0.15, 0.2) is 72.3 Å². The Balaban J connectivity index is 1.61. The Bertz CT molecular complexity index is 1410. The number of benzene rings is 3. The summed E-state index contributed by atoms with van der Waals surface area (Å²) in [5, 5.41) is 21.7. The molecule has 8 nitrogen and oxygen atoms in total. The van der Waals surface area contributed by atoms with Gasteiger partial charge in [-0.2, -0.15) is 0 Å². The quantitative estimate of drug-likeness (QED) is 0.275. The van der Waals surface area contributed by atoms with Crippen molar-refractivity contribution in [3.63, 3.8) is 0 Å². The van der Waals surface area contributed by atoms with E-state index in [-0.39, 0.29) is 17.1 Å². The fourth-order valence-electron chi connectivity index (χ4n) is 4.73. The molecular formula is C30H30N2O6. The molecule has 0 bridgehead atoms. The topological polar surface area (TPSA) is 99.5 Å². The van der Waals surface area contributed by atoms with Crippen molar-refractivity contribution in [1.82, 2.24) is 0 Å². The number of ketones is 1. The van der Waals surface area contributed by atoms with Crippen LogP contribution < -0.4 is 19.3 Å². The van der Waals surface area contributed by atoms with Gasteiger partial charge < -0.3 is 24.6 Å². The zero-order chi connectivity index (χ0) is 27.0. The Kier molecular flexibility index (Phi) is 6.72. The fourth-order valence-corrected chi connectivity index (χ4v) is 4.73. The average molecular weight is 515 g/mol. The van der Waals surface area contributed by atoms with Crippen LogP contribution in [0.4, 0.5) is 11.4 Å². The first-order valence-corrected chi connectivity index (χ1v) is 12.6. The van der Waals surface area contributed by atoms with E-state index in [2.05, 4.69) is 13.8 Å². The lowest BCUT2D eigenvalue weighted by Crippen LogP contribution is -2.29. The van der Waals surface area contributed by atoms with E-state index in [0.717, 1.165) is 5.69 Å². The number of carbonyl (C=O) groups excluding carboxylic acids is 2. The van der Waals surface area contributed by atoms with Crippen LogP contribution in [0, 0.1) is 5.92 Å². The molecule has 2 aliphatic rings. The molecule has 1 saturated heterocycles. The molecule has 0 aromatic heterocycles. The summed E-state index contributed by atoms with van der Waals surface area (Å²) in [6.07, 6.45) is 0. The Morgan fingerprint density at radius 1 is 1.08 bits per heavy atom. The number of aliphatic hydroxyl groups excluding tert-OH is 1. The molecule has 5 rings (SSSR count). The van der Waals surface area contributed by atoms with Crippen LogP contribution in [0.25, 0.3) is 5.76 Å². The molecule has 0 saturated carbocycles. The highest BCUT2D eigenvalue weighted by Crippen LogP contribution is 2.44. The minimum absolute atomic E-state index is 0.0157. The van der Waals surface area contributed by atoms with Crippen molar-refractivity contribution in [3.05, 3.63) is 83.4 Å². The Labute approximate surface area is 221 Å². The summed E-state index contributed by atoms with van der Waals surface area (Å²) in [6.45, 7) is 5.89. The Morgan fingerprint density at radius 2 is 1.84 bits per heavy atom. The van der Waals surface area contributed by atoms with Crippen LogP contribution >= 0.6 is 0 Å². The molecule has 0 aliphatic carbocycles. The number of aliphatic hydroxyl groups is 1. The maximum absolute atomic E-state index is 13.4. The molecule has 196 valence electrons. The number of anilines is 2. The predicted octanol–water partition coefficient (Wildman–Crippen LogP) is 4.88. The van der Waals surface area contributed by atoms with Gasteiger partial charge >= 0.3 is 0 Å². The van der Waals surface area contributed by atoms with E-state index < -0.39 is 17.7 Å². The number of phenolic OH excluding ortho intramolecular Hbond substituents is 1. The van der Waals surface area contributed by atoms with E-state index >= 15 is 0 Å². The van der Waals surface area contributed by atoms with E-state index in [0.29, 0.717) is 54.0 Å². The zero-order valence-corrected chi connectivity index (χ0v) is 21.5. The molecule has 0 radical (unpaired) electrons. The molecular weight excluding hydrogens is 484 g/mol. The van der Waals surface area contributed by atoms with Gasteiger partial charge in [0.05, 0.1) is 30.5 Å². The molecule has 3 aromatic rings. The van der Waals surface area contributed by atoms with Crippen LogP contribution in [-0.4, -0.2) is 48.7 Å². The number of amides is 1. The first kappa shape index (κ1) is 25.2. The molecule has 2 N–H and O–H groups in total. The molecule has 1 fully saturated rings. The number of ether oxygens (including phenoxy) is 2. The summed E-state index contributed by atoms with van der Waals surface area (Å²) in [7, 11) is 1.92. The molecule has 3 aromatic carbocycles. The number of hydrogen-bond acceptors (Lipinski definition) is 7. The van der Waals surface area contributed by atoms with Gasteiger partial charge in [-0.25, -0.2) is 0 Å². The van der Waals surface area contributed by atoms with Crippen LogP contribution in [0.2, 0.25) is 0 Å². The second kappa shape index (κ2) is 10.1. The summed E-state index contributed by atoms with van der Waals surface area (Å²) in [6, 6.07) is 17.5. The second-order valence-electron chi connectivity index (χ2n) is 9.92. The van der Waals surface area contributed by atoms with Gasteiger partial charge in [-0.15, -0.1) is 0 Å². The third-order valence-corrected chi connectivity index (χ3v) is 6.66. The Morgan fingerprint density at radius 3 is 2.55 bits per heavy atom. The smallest absolute Gasteiger partial charge is 0.300 e. The zero-order valence-electron chi connectivity index (χ0n) is 21.5. The molecule has 1 atom stereocenters. The fraction of sp³-hybridized carbons (Fsp3) is 0.267. The molecule has 2 aliphatic heterocycles. The number of carbonyl (C=O) groups is 2. The molecule has 2 heterocycles. The lowest BCUT2D eigenvalue weighted by Gasteiger charge is -2.28. The predicted molar refractivity (Wildman–Crippen MR) is 145 cm³/mol. The van der Waals surface area contributed by atoms with Gasteiger partial charge in [0.25, 0.3) is 11.7 Å². The summed E-state index contributed by atoms with van der Waals surface area (Å²) in [5.41, 5.74) is 2.07. The van der Waals surface area contributed by atoms with Crippen LogP contribution in [0.5, 0.6) is 17.2 Å². The highest BCUT2D eigenvalue weighted by molar-refractivity contribution is 6.51. The maximum Gasteiger partial charge on any atom is 0.300 e. The van der Waals surface area contributed by atoms with Crippen molar-refractivity contribution in [2.75, 3.05) is 36.6 Å². The Hall–Kier alpha value is -4.46. The molecule has 1 amide bonds. The number of hydrogen-bond donors (Lipinski definition) is 2. The van der Waals surface area contributed by atoms with E-state index in [1.165, 1.54) is 17.0 Å². The monoisotopic (exact) mass is 514 g/mol. The van der Waals surface area contributed by atoms with Gasteiger partial charge in [0.15, 0.2) is 0 Å². The van der Waals surface area contributed by atoms with E-state index in [1.807, 2.05) is 11.9 Å². The first-order valence-electron chi connectivity index (χ1n) is 12.6. The molecule has 8 heteroatoms. The lowest BCUT2D eigenvalue weighted by molar-refractivity contribution is -0.132. The summed E-state index contributed by atoms with van der Waals surface area (Å²) < 4.78 is 11.5. The van der Waals surface area contributed by atoms with Gasteiger partial charge in [0.1, 0.15) is 29.6 Å². The molecule has 1 unspecified atom stereocenters. The van der Waals surface area contributed by atoms with Gasteiger partial charge in [0.2, 0.25) is 0 Å². The first-order chi connectivity index (χ1) is 18.2. The average Bonchev–Trinajstić information content (AvgIpc) is 3.17. The largest absolute Gasteiger partial charge is 0.508 e. The number of Topliss-reactive ketones (excluding diaryl/α,β-unsaturated/α-hetero) is 1. The third kappa shape index (κ3) is 4.65. The van der Waals surface area contributed by atoms with Crippen LogP contribution in [0.3, 0.4) is 0 Å². The van der Waals surface area contributed by atoms with Crippen LogP contribution in [0.1, 0.15) is 31.0 Å². The number of fused-ring (bicyclic) bond motifs is 1. The van der Waals surface area contributed by atoms with Crippen molar-refractivity contribution < 1.29 is 29.3 Å². The number of nitrogens with zero attached hydrogens (tertiary/aromatic N) is 2. The van der Waals surface area contributed by atoms with Crippen LogP contribution in [-0.2, 0) is 9.59 Å². The minimum Gasteiger partial charge on any atom is -0.508 e. The lowest BCUT2D eigenvalue weighted by atomic mass is 9.94. The third-order valence-electron chi connectivity index (χ3n) is 6.66. The standard InChI is InChI=1S/C30H30N2O6/c1-18(2)17-38-23-10-8-21(9-11-23)32-27(19-5-4-6-22(33)15-19)26(29(35)30(32)36)28(34)20-7-12-25-24(16-20)31(3)13-14-37-25/h4-12,15-16,18,27,33-34H,13-14,17H2,1-3H3/b28-26-. The number of aromatic hydroxyl groups is 1. The van der Waals surface area contributed by atoms with Gasteiger partial charge in [0, 0.05) is 18.3 Å². The van der Waals surface area contributed by atoms with Crippen molar-refractivity contribution in [1.29, 1.82) is 0 Å². The van der Waals surface area contributed by atoms with Gasteiger partial charge in [-0.3, -0.25) is 14.5 Å². The van der Waals surface area contributed by atoms with Crippen molar-refractivity contribution in [3.8, 4) is 17.2 Å². The van der Waals surface area contributed by atoms with Crippen molar-refractivity contribution >= 4 is 28.8 Å². The summed E-state index contributed by atoms with van der Waals surface area (Å²) >= 11 is 0. The SMILES string of the molecule is CC(C)COc1ccc(N2C(=O)C(=O)/C(=C(\O)c3ccc4c(c3)N(C)CCO4)C2c2cccc(O)c2)cc1. The second-order valence-corrected chi connectivity index (χ2v) is 9.92. The minimum atomic E-state index is -0.949. The number of rotatable bonds is 6. The molecule has 38 heavy (non-hydrogen) atoms. The molecule has 0 spiro atoms. The highest BCUT2D eigenvalue weighted by Gasteiger charge is 2.47. The van der Waals surface area contributed by atoms with Crippen molar-refractivity contribution in [2.24, 2.45) is 5.92 Å².